The van der Waals surface area contributed by atoms with Gasteiger partial charge in [0.25, 0.3) is 15.9 Å². The van der Waals surface area contributed by atoms with Crippen LogP contribution >= 0.6 is 11.6 Å². The topological polar surface area (TPSA) is 90.9 Å². The van der Waals surface area contributed by atoms with Crippen LogP contribution in [-0.2, 0) is 14.8 Å². The number of pyridine rings is 1. The first-order chi connectivity index (χ1) is 12.9. The molecule has 8 nitrogen and oxygen atoms in total. The zero-order valence-corrected chi connectivity index (χ0v) is 15.8. The van der Waals surface area contributed by atoms with Crippen molar-refractivity contribution in [1.29, 1.82) is 0 Å². The number of aromatic nitrogens is 1. The highest BCUT2D eigenvalue weighted by Gasteiger charge is 2.38. The molecule has 2 aromatic rings. The van der Waals surface area contributed by atoms with E-state index in [4.69, 9.17) is 11.6 Å². The van der Waals surface area contributed by atoms with Crippen molar-refractivity contribution < 1.29 is 18.0 Å². The van der Waals surface area contributed by atoms with Crippen molar-refractivity contribution in [3.63, 3.8) is 0 Å². The molecular formula is C17H17ClN4O4S. The third kappa shape index (κ3) is 3.95. The summed E-state index contributed by atoms with van der Waals surface area (Å²) in [6, 6.07) is 8.33. The Labute approximate surface area is 161 Å². The van der Waals surface area contributed by atoms with Gasteiger partial charge in [0.1, 0.15) is 0 Å². The number of nitrogens with zero attached hydrogens (tertiary/aromatic N) is 4. The quantitative estimate of drug-likeness (QED) is 0.536. The van der Waals surface area contributed by atoms with E-state index in [0.717, 1.165) is 18.0 Å². The Hall–Kier alpha value is -2.49. The van der Waals surface area contributed by atoms with E-state index in [0.29, 0.717) is 28.9 Å². The summed E-state index contributed by atoms with van der Waals surface area (Å²) in [5.74, 6) is -0.878. The molecule has 142 valence electrons. The number of hydrogen-bond acceptors (Lipinski definition) is 6. The van der Waals surface area contributed by atoms with Gasteiger partial charge in [0.05, 0.1) is 10.5 Å². The first kappa shape index (κ1) is 19.3. The minimum absolute atomic E-state index is 0.0427. The second-order valence-corrected chi connectivity index (χ2v) is 8.04. The molecule has 1 aliphatic rings. The van der Waals surface area contributed by atoms with Crippen molar-refractivity contribution in [3.05, 3.63) is 59.4 Å². The third-order valence-corrected chi connectivity index (χ3v) is 5.98. The largest absolute Gasteiger partial charge is 0.289 e. The second-order valence-electron chi connectivity index (χ2n) is 5.84. The number of carbonyl (C=O) groups excluding carboxylic acids is 2. The van der Waals surface area contributed by atoms with Gasteiger partial charge in [-0.3, -0.25) is 14.6 Å². The van der Waals surface area contributed by atoms with Gasteiger partial charge in [-0.25, -0.2) is 0 Å². The fraction of sp³-hybridized carbons (Fsp3) is 0.235. The van der Waals surface area contributed by atoms with Crippen LogP contribution in [0.15, 0.2) is 53.7 Å². The first-order valence-electron chi connectivity index (χ1n) is 8.19. The van der Waals surface area contributed by atoms with Gasteiger partial charge >= 0.3 is 0 Å². The molecule has 1 aromatic heterocycles. The van der Waals surface area contributed by atoms with Crippen molar-refractivity contribution in [3.8, 4) is 0 Å². The Morgan fingerprint density at radius 2 is 1.81 bits per heavy atom. The Kier molecular flexibility index (Phi) is 5.73. The van der Waals surface area contributed by atoms with Gasteiger partial charge in [0, 0.05) is 30.5 Å². The fourth-order valence-electron chi connectivity index (χ4n) is 2.75. The number of benzene rings is 1. The molecule has 0 spiro atoms. The summed E-state index contributed by atoms with van der Waals surface area (Å²) in [5.41, 5.74) is 0.0427. The van der Waals surface area contributed by atoms with Crippen molar-refractivity contribution >= 4 is 33.9 Å². The minimum atomic E-state index is -4.36. The Bertz CT molecular complexity index is 916. The van der Waals surface area contributed by atoms with Gasteiger partial charge < -0.3 is 0 Å². The normalized spacial score (nSPS) is 14.7. The molecule has 1 fully saturated rings. The molecule has 0 atom stereocenters. The molecule has 0 saturated carbocycles. The molecule has 1 aliphatic heterocycles. The van der Waals surface area contributed by atoms with Gasteiger partial charge in [-0.15, -0.1) is 4.41 Å². The number of amides is 2. The number of rotatable bonds is 6. The van der Waals surface area contributed by atoms with Gasteiger partial charge in [-0.2, -0.15) is 18.5 Å². The van der Waals surface area contributed by atoms with Crippen LogP contribution in [0.4, 0.5) is 0 Å². The summed E-state index contributed by atoms with van der Waals surface area (Å²) in [6.07, 6.45) is 4.63. The average molecular weight is 409 g/mol. The van der Waals surface area contributed by atoms with Crippen LogP contribution < -0.4 is 0 Å². The molecule has 0 bridgehead atoms. The van der Waals surface area contributed by atoms with E-state index in [9.17, 15) is 18.0 Å². The molecule has 0 unspecified atom stereocenters. The first-order valence-corrected chi connectivity index (χ1v) is 10.0. The third-order valence-electron chi connectivity index (χ3n) is 4.07. The molecule has 27 heavy (non-hydrogen) atoms. The maximum absolute atomic E-state index is 13.2. The maximum atomic E-state index is 13.2. The smallest absolute Gasteiger partial charge is 0.275 e. The summed E-state index contributed by atoms with van der Waals surface area (Å²) < 4.78 is 26.9. The zero-order valence-electron chi connectivity index (χ0n) is 14.2. The SMILES string of the molecule is O=CN(N1CCCC1)N(C(=O)c1cccnc1)S(=O)(=O)c1ccc(Cl)cc1. The number of hydrazine groups is 2. The van der Waals surface area contributed by atoms with Crippen LogP contribution in [-0.4, -0.2) is 53.3 Å². The Balaban J connectivity index is 2.09. The van der Waals surface area contributed by atoms with E-state index < -0.39 is 15.9 Å². The standard InChI is InChI=1S/C17H17ClN4O4S/c18-15-5-7-16(8-6-15)27(25,26)22(17(24)14-4-3-9-19-12-14)21(13-23)20-10-1-2-11-20/h3-9,12-13H,1-2,10-11H2. The second kappa shape index (κ2) is 8.03. The van der Waals surface area contributed by atoms with Crippen molar-refractivity contribution in [2.75, 3.05) is 13.1 Å². The molecule has 1 saturated heterocycles. The highest BCUT2D eigenvalue weighted by molar-refractivity contribution is 7.89. The van der Waals surface area contributed by atoms with E-state index >= 15 is 0 Å². The highest BCUT2D eigenvalue weighted by atomic mass is 35.5. The number of halogens is 1. The van der Waals surface area contributed by atoms with Crippen molar-refractivity contribution in [2.24, 2.45) is 0 Å². The van der Waals surface area contributed by atoms with E-state index in [1.54, 1.807) is 0 Å². The van der Waals surface area contributed by atoms with Gasteiger partial charge in [-0.1, -0.05) is 11.6 Å². The van der Waals surface area contributed by atoms with Crippen LogP contribution in [0.1, 0.15) is 23.2 Å². The Morgan fingerprint density at radius 1 is 1.15 bits per heavy atom. The molecule has 3 rings (SSSR count). The highest BCUT2D eigenvalue weighted by Crippen LogP contribution is 2.24. The molecule has 0 radical (unpaired) electrons. The van der Waals surface area contributed by atoms with Crippen molar-refractivity contribution in [1.82, 2.24) is 19.5 Å². The lowest BCUT2D eigenvalue weighted by Crippen LogP contribution is -2.56. The van der Waals surface area contributed by atoms with Crippen molar-refractivity contribution in [2.45, 2.75) is 17.7 Å². The number of hydrogen-bond donors (Lipinski definition) is 0. The zero-order chi connectivity index (χ0) is 19.4. The maximum Gasteiger partial charge on any atom is 0.289 e. The van der Waals surface area contributed by atoms with Crippen LogP contribution in [0, 0.1) is 0 Å². The van der Waals surface area contributed by atoms with Crippen LogP contribution in [0.2, 0.25) is 5.02 Å². The lowest BCUT2D eigenvalue weighted by Gasteiger charge is -2.36. The van der Waals surface area contributed by atoms with Gasteiger partial charge in [-0.05, 0) is 49.2 Å². The van der Waals surface area contributed by atoms with Crippen LogP contribution in [0.25, 0.3) is 0 Å². The summed E-state index contributed by atoms with van der Waals surface area (Å²) >= 11 is 5.83. The minimum Gasteiger partial charge on any atom is -0.275 e. The fourth-order valence-corrected chi connectivity index (χ4v) is 4.24. The lowest BCUT2D eigenvalue weighted by atomic mass is 10.3. The summed E-state index contributed by atoms with van der Waals surface area (Å²) in [5, 5.41) is 2.70. The molecule has 10 heteroatoms. The van der Waals surface area contributed by atoms with Gasteiger partial charge in [0.15, 0.2) is 0 Å². The number of carbonyl (C=O) groups is 2. The molecule has 1 aromatic carbocycles. The molecular weight excluding hydrogens is 392 g/mol. The molecule has 2 heterocycles. The lowest BCUT2D eigenvalue weighted by molar-refractivity contribution is -0.152. The van der Waals surface area contributed by atoms with E-state index in [1.165, 1.54) is 53.8 Å². The molecule has 2 amide bonds. The predicted octanol–water partition coefficient (Wildman–Crippen LogP) is 1.95. The van der Waals surface area contributed by atoms with Gasteiger partial charge in [0.2, 0.25) is 6.41 Å². The predicted molar refractivity (Wildman–Crippen MR) is 97.8 cm³/mol. The van der Waals surface area contributed by atoms with Crippen LogP contribution in [0.5, 0.6) is 0 Å². The van der Waals surface area contributed by atoms with E-state index in [2.05, 4.69) is 4.98 Å². The van der Waals surface area contributed by atoms with E-state index in [1.807, 2.05) is 0 Å². The van der Waals surface area contributed by atoms with Crippen LogP contribution in [0.3, 0.4) is 0 Å². The Morgan fingerprint density at radius 3 is 2.37 bits per heavy atom. The molecule has 0 N–H and O–H groups in total. The summed E-state index contributed by atoms with van der Waals surface area (Å²) in [7, 11) is -4.36. The average Bonchev–Trinajstić information content (AvgIpc) is 3.21. The summed E-state index contributed by atoms with van der Waals surface area (Å²) in [4.78, 5) is 28.5. The number of sulfonamides is 1. The monoisotopic (exact) mass is 408 g/mol. The summed E-state index contributed by atoms with van der Waals surface area (Å²) in [6.45, 7) is 0.928. The van der Waals surface area contributed by atoms with E-state index in [-0.39, 0.29) is 10.5 Å². The molecule has 0 aliphatic carbocycles.